The van der Waals surface area contributed by atoms with Gasteiger partial charge in [0.2, 0.25) is 5.91 Å². The van der Waals surface area contributed by atoms with Crippen LogP contribution in [0.1, 0.15) is 12.0 Å². The van der Waals surface area contributed by atoms with Gasteiger partial charge in [-0.1, -0.05) is 24.4 Å². The molecule has 1 aromatic carbocycles. The van der Waals surface area contributed by atoms with E-state index in [-0.39, 0.29) is 11.8 Å². The van der Waals surface area contributed by atoms with E-state index in [2.05, 4.69) is 5.32 Å². The molecule has 1 aliphatic heterocycles. The Kier molecular flexibility index (Phi) is 4.60. The summed E-state index contributed by atoms with van der Waals surface area (Å²) in [6.07, 6.45) is 1.58. The van der Waals surface area contributed by atoms with Gasteiger partial charge < -0.3 is 11.1 Å². The van der Waals surface area contributed by atoms with E-state index in [1.54, 1.807) is 0 Å². The molecule has 1 amide bonds. The van der Waals surface area contributed by atoms with Gasteiger partial charge >= 0.3 is 0 Å². The highest BCUT2D eigenvalue weighted by molar-refractivity contribution is 7.99. The van der Waals surface area contributed by atoms with Gasteiger partial charge in [0, 0.05) is 23.8 Å². The first-order chi connectivity index (χ1) is 8.65. The van der Waals surface area contributed by atoms with Crippen molar-refractivity contribution in [3.8, 4) is 0 Å². The van der Waals surface area contributed by atoms with E-state index < -0.39 is 0 Å². The maximum atomic E-state index is 11.9. The molecule has 0 bridgehead atoms. The van der Waals surface area contributed by atoms with Crippen LogP contribution in [0.2, 0.25) is 0 Å². The molecule has 3 N–H and O–H groups in total. The van der Waals surface area contributed by atoms with E-state index in [9.17, 15) is 4.79 Å². The van der Waals surface area contributed by atoms with Gasteiger partial charge in [-0.2, -0.15) is 11.8 Å². The zero-order valence-electron chi connectivity index (χ0n) is 10.0. The van der Waals surface area contributed by atoms with Gasteiger partial charge in [-0.3, -0.25) is 4.79 Å². The number of carbonyl (C=O) groups excluding carboxylic acids is 1. The highest BCUT2D eigenvalue weighted by Gasteiger charge is 2.22. The van der Waals surface area contributed by atoms with Crippen LogP contribution in [0.4, 0.5) is 5.69 Å². The SMILES string of the molecule is NC(=S)Cc1ccc(NC(=O)C2CCSC2)cc1. The molecule has 18 heavy (non-hydrogen) atoms. The summed E-state index contributed by atoms with van der Waals surface area (Å²) in [5.41, 5.74) is 7.39. The smallest absolute Gasteiger partial charge is 0.228 e. The molecular weight excluding hydrogens is 264 g/mol. The van der Waals surface area contributed by atoms with Crippen molar-refractivity contribution in [2.75, 3.05) is 16.8 Å². The highest BCUT2D eigenvalue weighted by Crippen LogP contribution is 2.24. The van der Waals surface area contributed by atoms with Crippen LogP contribution in [-0.2, 0) is 11.2 Å². The Morgan fingerprint density at radius 3 is 2.72 bits per heavy atom. The van der Waals surface area contributed by atoms with E-state index in [1.165, 1.54) is 0 Å². The summed E-state index contributed by atoms with van der Waals surface area (Å²) in [7, 11) is 0. The number of benzene rings is 1. The topological polar surface area (TPSA) is 55.1 Å². The predicted octanol–water partition coefficient (Wildman–Crippen LogP) is 2.21. The lowest BCUT2D eigenvalue weighted by atomic mass is 10.1. The Labute approximate surface area is 117 Å². The summed E-state index contributed by atoms with van der Waals surface area (Å²) < 4.78 is 0. The number of anilines is 1. The second-order valence-corrected chi connectivity index (χ2v) is 6.06. The second kappa shape index (κ2) is 6.20. The highest BCUT2D eigenvalue weighted by atomic mass is 32.2. The Balaban J connectivity index is 1.93. The number of hydrogen-bond donors (Lipinski definition) is 2. The van der Waals surface area contributed by atoms with Crippen molar-refractivity contribution in [1.82, 2.24) is 0 Å². The Morgan fingerprint density at radius 2 is 2.17 bits per heavy atom. The zero-order chi connectivity index (χ0) is 13.0. The lowest BCUT2D eigenvalue weighted by Gasteiger charge is -2.10. The average Bonchev–Trinajstić information content (AvgIpc) is 2.84. The minimum absolute atomic E-state index is 0.127. The Hall–Kier alpha value is -1.07. The van der Waals surface area contributed by atoms with Gasteiger partial charge in [0.05, 0.1) is 4.99 Å². The second-order valence-electron chi connectivity index (χ2n) is 4.39. The van der Waals surface area contributed by atoms with Gasteiger partial charge in [-0.05, 0) is 29.9 Å². The van der Waals surface area contributed by atoms with Crippen LogP contribution >= 0.6 is 24.0 Å². The van der Waals surface area contributed by atoms with Crippen LogP contribution in [0.5, 0.6) is 0 Å². The van der Waals surface area contributed by atoms with Crippen molar-refractivity contribution in [1.29, 1.82) is 0 Å². The molecule has 1 aromatic rings. The van der Waals surface area contributed by atoms with Crippen LogP contribution in [0.25, 0.3) is 0 Å². The van der Waals surface area contributed by atoms with E-state index in [0.717, 1.165) is 29.2 Å². The average molecular weight is 280 g/mol. The largest absolute Gasteiger partial charge is 0.393 e. The molecule has 1 saturated heterocycles. The molecule has 0 aliphatic carbocycles. The molecule has 1 aliphatic rings. The minimum Gasteiger partial charge on any atom is -0.393 e. The van der Waals surface area contributed by atoms with Crippen molar-refractivity contribution < 1.29 is 4.79 Å². The number of carbonyl (C=O) groups is 1. The van der Waals surface area contributed by atoms with Gasteiger partial charge in [-0.25, -0.2) is 0 Å². The number of thiocarbonyl (C=S) groups is 1. The lowest BCUT2D eigenvalue weighted by molar-refractivity contribution is -0.119. The van der Waals surface area contributed by atoms with E-state index in [0.29, 0.717) is 11.4 Å². The molecule has 1 unspecified atom stereocenters. The Bertz CT molecular complexity index is 439. The van der Waals surface area contributed by atoms with Crippen molar-refractivity contribution in [2.24, 2.45) is 11.7 Å². The summed E-state index contributed by atoms with van der Waals surface area (Å²) in [6.45, 7) is 0. The number of hydrogen-bond acceptors (Lipinski definition) is 3. The predicted molar refractivity (Wildman–Crippen MR) is 81.0 cm³/mol. The van der Waals surface area contributed by atoms with E-state index in [4.69, 9.17) is 18.0 Å². The maximum absolute atomic E-state index is 11.9. The van der Waals surface area contributed by atoms with Gasteiger partial charge in [0.1, 0.15) is 0 Å². The summed E-state index contributed by atoms with van der Waals surface area (Å²) in [6, 6.07) is 7.68. The van der Waals surface area contributed by atoms with Crippen LogP contribution in [-0.4, -0.2) is 22.4 Å². The molecule has 0 spiro atoms. The molecular formula is C13H16N2OS2. The Morgan fingerprint density at radius 1 is 1.44 bits per heavy atom. The fourth-order valence-electron chi connectivity index (χ4n) is 1.89. The van der Waals surface area contributed by atoms with Crippen LogP contribution < -0.4 is 11.1 Å². The number of rotatable bonds is 4. The molecule has 0 aromatic heterocycles. The molecule has 0 radical (unpaired) electrons. The number of nitrogens with two attached hydrogens (primary N) is 1. The first kappa shape index (κ1) is 13.4. The number of amides is 1. The molecule has 5 heteroatoms. The molecule has 3 nitrogen and oxygen atoms in total. The maximum Gasteiger partial charge on any atom is 0.228 e. The standard InChI is InChI=1S/C13H16N2OS2/c14-12(17)7-9-1-3-11(4-2-9)15-13(16)10-5-6-18-8-10/h1-4,10H,5-8H2,(H2,14,17)(H,15,16). The van der Waals surface area contributed by atoms with Gasteiger partial charge in [0.15, 0.2) is 0 Å². The summed E-state index contributed by atoms with van der Waals surface area (Å²) in [5.74, 6) is 2.31. The van der Waals surface area contributed by atoms with E-state index >= 15 is 0 Å². The van der Waals surface area contributed by atoms with Crippen molar-refractivity contribution in [3.05, 3.63) is 29.8 Å². The van der Waals surface area contributed by atoms with Gasteiger partial charge in [0.25, 0.3) is 0 Å². The third-order valence-corrected chi connectivity index (χ3v) is 4.21. The summed E-state index contributed by atoms with van der Waals surface area (Å²) in [4.78, 5) is 12.4. The quantitative estimate of drug-likeness (QED) is 0.830. The lowest BCUT2D eigenvalue weighted by Crippen LogP contribution is -2.22. The first-order valence-corrected chi connectivity index (χ1v) is 7.47. The summed E-state index contributed by atoms with van der Waals surface area (Å²) in [5, 5.41) is 2.95. The number of nitrogens with one attached hydrogen (secondary N) is 1. The molecule has 2 rings (SSSR count). The third kappa shape index (κ3) is 3.71. The first-order valence-electron chi connectivity index (χ1n) is 5.91. The molecule has 1 fully saturated rings. The van der Waals surface area contributed by atoms with Crippen LogP contribution in [0.15, 0.2) is 24.3 Å². The molecule has 96 valence electrons. The fraction of sp³-hybridized carbons (Fsp3) is 0.385. The van der Waals surface area contributed by atoms with Crippen molar-refractivity contribution in [2.45, 2.75) is 12.8 Å². The van der Waals surface area contributed by atoms with Gasteiger partial charge in [-0.15, -0.1) is 0 Å². The fourth-order valence-corrected chi connectivity index (χ4v) is 3.28. The van der Waals surface area contributed by atoms with Crippen molar-refractivity contribution in [3.63, 3.8) is 0 Å². The molecule has 0 saturated carbocycles. The minimum atomic E-state index is 0.127. The molecule has 1 heterocycles. The van der Waals surface area contributed by atoms with E-state index in [1.807, 2.05) is 36.0 Å². The number of thioether (sulfide) groups is 1. The van der Waals surface area contributed by atoms with Crippen LogP contribution in [0.3, 0.4) is 0 Å². The van der Waals surface area contributed by atoms with Crippen molar-refractivity contribution >= 4 is 40.6 Å². The van der Waals surface area contributed by atoms with Crippen LogP contribution in [0, 0.1) is 5.92 Å². The summed E-state index contributed by atoms with van der Waals surface area (Å²) >= 11 is 6.70. The normalized spacial score (nSPS) is 18.6. The molecule has 1 atom stereocenters. The monoisotopic (exact) mass is 280 g/mol. The zero-order valence-corrected chi connectivity index (χ0v) is 11.7. The third-order valence-electron chi connectivity index (χ3n) is 2.90.